The fourth-order valence-corrected chi connectivity index (χ4v) is 6.67. The van der Waals surface area contributed by atoms with Crippen molar-refractivity contribution in [3.63, 3.8) is 0 Å². The summed E-state index contributed by atoms with van der Waals surface area (Å²) >= 11 is 0. The second-order valence-electron chi connectivity index (χ2n) is 13.7. The molecule has 6 aromatic rings. The number of anilines is 2. The lowest BCUT2D eigenvalue weighted by Gasteiger charge is -2.22. The summed E-state index contributed by atoms with van der Waals surface area (Å²) < 4.78 is 7.89. The largest absolute Gasteiger partial charge is 0.494 e. The Balaban J connectivity index is 1.37. The van der Waals surface area contributed by atoms with Crippen LogP contribution >= 0.6 is 0 Å². The average molecular weight is 694 g/mol. The van der Waals surface area contributed by atoms with Gasteiger partial charge >= 0.3 is 6.03 Å². The summed E-state index contributed by atoms with van der Waals surface area (Å²) in [5.41, 5.74) is 6.86. The van der Waals surface area contributed by atoms with E-state index in [0.29, 0.717) is 30.1 Å². The van der Waals surface area contributed by atoms with Crippen LogP contribution in [0.25, 0.3) is 22.2 Å². The Morgan fingerprint density at radius 2 is 1.44 bits per heavy atom. The first-order valence-electron chi connectivity index (χ1n) is 18.2. The van der Waals surface area contributed by atoms with Crippen molar-refractivity contribution < 1.29 is 9.53 Å². The fraction of sp³-hybridized carbons (Fsp3) is 0.273. The summed E-state index contributed by atoms with van der Waals surface area (Å²) in [6.45, 7) is 9.38. The second-order valence-corrected chi connectivity index (χ2v) is 13.7. The molecule has 266 valence electrons. The lowest BCUT2D eigenvalue weighted by molar-refractivity contribution is 0.262. The highest BCUT2D eigenvalue weighted by Gasteiger charge is 2.23. The van der Waals surface area contributed by atoms with Gasteiger partial charge in [0.15, 0.2) is 0 Å². The normalized spacial score (nSPS) is 11.3. The lowest BCUT2D eigenvalue weighted by atomic mass is 9.93. The number of aromatic nitrogens is 3. The number of nitrogens with one attached hydrogen (secondary N) is 2. The quantitative estimate of drug-likeness (QED) is 0.111. The van der Waals surface area contributed by atoms with Crippen LogP contribution in [0.15, 0.2) is 120 Å². The van der Waals surface area contributed by atoms with Crippen LogP contribution in [0, 0.1) is 0 Å². The minimum atomic E-state index is -0.477. The van der Waals surface area contributed by atoms with Crippen molar-refractivity contribution in [2.45, 2.75) is 71.8 Å². The predicted octanol–water partition coefficient (Wildman–Crippen LogP) is 9.99. The second kappa shape index (κ2) is 17.0. The molecule has 8 heteroatoms. The summed E-state index contributed by atoms with van der Waals surface area (Å²) in [6.07, 6.45) is 6.64. The first-order chi connectivity index (χ1) is 25.3. The first kappa shape index (κ1) is 36.0. The molecule has 2 N–H and O–H groups in total. The molecule has 0 atom stereocenters. The molecular formula is C44H47N5O3. The smallest absolute Gasteiger partial charge is 0.323 e. The average Bonchev–Trinajstić information content (AvgIpc) is 3.15. The van der Waals surface area contributed by atoms with Crippen LogP contribution in [-0.4, -0.2) is 27.2 Å². The van der Waals surface area contributed by atoms with Crippen LogP contribution in [0.4, 0.5) is 16.2 Å². The summed E-state index contributed by atoms with van der Waals surface area (Å²) in [5, 5.41) is 6.93. The molecule has 0 saturated heterocycles. The van der Waals surface area contributed by atoms with Gasteiger partial charge < -0.3 is 15.4 Å². The lowest BCUT2D eigenvalue weighted by Crippen LogP contribution is -2.30. The maximum atomic E-state index is 14.6. The number of benzene rings is 3. The molecule has 0 bridgehead atoms. The minimum Gasteiger partial charge on any atom is -0.494 e. The Hall–Kier alpha value is -5.76. The number of pyridine rings is 3. The molecule has 3 heterocycles. The van der Waals surface area contributed by atoms with Gasteiger partial charge in [-0.1, -0.05) is 94.4 Å². The van der Waals surface area contributed by atoms with E-state index in [1.54, 1.807) is 17.0 Å². The molecule has 0 spiro atoms. The van der Waals surface area contributed by atoms with Gasteiger partial charge in [0.05, 0.1) is 6.61 Å². The number of rotatable bonds is 14. The number of carbonyl (C=O) groups excluding carboxylic acids is 1. The van der Waals surface area contributed by atoms with Crippen molar-refractivity contribution in [3.05, 3.63) is 148 Å². The molecule has 52 heavy (non-hydrogen) atoms. The summed E-state index contributed by atoms with van der Waals surface area (Å²) in [4.78, 5) is 37.8. The van der Waals surface area contributed by atoms with E-state index in [1.807, 2.05) is 91.0 Å². The zero-order valence-electron chi connectivity index (χ0n) is 30.4. The van der Waals surface area contributed by atoms with Gasteiger partial charge in [0.1, 0.15) is 17.1 Å². The van der Waals surface area contributed by atoms with Gasteiger partial charge in [-0.15, -0.1) is 0 Å². The van der Waals surface area contributed by atoms with Crippen molar-refractivity contribution in [3.8, 4) is 16.9 Å². The number of nitrogens with zero attached hydrogens (tertiary/aromatic N) is 3. The summed E-state index contributed by atoms with van der Waals surface area (Å²) in [5.74, 6) is 1.04. The van der Waals surface area contributed by atoms with Gasteiger partial charge in [-0.2, -0.15) is 0 Å². The van der Waals surface area contributed by atoms with Crippen molar-refractivity contribution in [1.82, 2.24) is 14.5 Å². The highest BCUT2D eigenvalue weighted by Crippen LogP contribution is 2.36. The molecule has 3 aromatic heterocycles. The molecule has 6 rings (SSSR count). The Labute approximate surface area is 305 Å². The number of ether oxygens (including phenoxy) is 1. The van der Waals surface area contributed by atoms with E-state index in [0.717, 1.165) is 59.1 Å². The number of para-hydroxylation sites is 1. The van der Waals surface area contributed by atoms with Crippen LogP contribution in [0.3, 0.4) is 0 Å². The van der Waals surface area contributed by atoms with Crippen molar-refractivity contribution >= 4 is 28.4 Å². The van der Waals surface area contributed by atoms with E-state index in [1.165, 1.54) is 5.56 Å². The zero-order chi connectivity index (χ0) is 36.5. The number of amides is 2. The molecule has 0 radical (unpaired) electrons. The van der Waals surface area contributed by atoms with E-state index in [2.05, 4.69) is 55.4 Å². The van der Waals surface area contributed by atoms with Crippen molar-refractivity contribution in [2.24, 2.45) is 0 Å². The Kier molecular flexibility index (Phi) is 11.8. The third-order valence-electron chi connectivity index (χ3n) is 9.26. The zero-order valence-corrected chi connectivity index (χ0v) is 30.4. The van der Waals surface area contributed by atoms with Gasteiger partial charge in [0.25, 0.3) is 5.56 Å². The van der Waals surface area contributed by atoms with Crippen LogP contribution in [0.2, 0.25) is 0 Å². The van der Waals surface area contributed by atoms with Gasteiger partial charge in [-0.3, -0.25) is 14.3 Å². The number of fused-ring (bicyclic) bond motifs is 1. The highest BCUT2D eigenvalue weighted by molar-refractivity contribution is 6.07. The van der Waals surface area contributed by atoms with Gasteiger partial charge in [-0.25, -0.2) is 9.78 Å². The predicted molar refractivity (Wildman–Crippen MR) is 212 cm³/mol. The number of hydrogen-bond acceptors (Lipinski definition) is 5. The molecular weight excluding hydrogens is 647 g/mol. The molecule has 3 aromatic carbocycles. The SMILES string of the molecule is CC(C)c1cccc(C(C)C)c1NC(=O)Nc1c(-c2cccc(OCCCc3ccccn3)c2)c2cccnc2n(CCCc2ccccc2)c1=O. The van der Waals surface area contributed by atoms with E-state index < -0.39 is 6.03 Å². The number of aryl methyl sites for hydroxylation is 3. The fourth-order valence-electron chi connectivity index (χ4n) is 6.67. The number of urea groups is 1. The summed E-state index contributed by atoms with van der Waals surface area (Å²) in [6, 6.07) is 33.3. The van der Waals surface area contributed by atoms with E-state index in [4.69, 9.17) is 9.72 Å². The highest BCUT2D eigenvalue weighted by atomic mass is 16.5. The molecule has 0 unspecified atom stereocenters. The van der Waals surface area contributed by atoms with Crippen molar-refractivity contribution in [2.75, 3.05) is 17.2 Å². The van der Waals surface area contributed by atoms with Crippen LogP contribution < -0.4 is 20.9 Å². The van der Waals surface area contributed by atoms with Crippen LogP contribution in [-0.2, 0) is 19.4 Å². The minimum absolute atomic E-state index is 0.185. The van der Waals surface area contributed by atoms with Crippen molar-refractivity contribution in [1.29, 1.82) is 0 Å². The summed E-state index contributed by atoms with van der Waals surface area (Å²) in [7, 11) is 0. The van der Waals surface area contributed by atoms with E-state index in [-0.39, 0.29) is 23.1 Å². The Bertz CT molecular complexity index is 2150. The topological polar surface area (TPSA) is 98.1 Å². The standard InChI is InChI=1S/C44H47N5O3/c1-30(2)36-22-11-23-37(31(3)4)40(36)47-44(51)48-41-39(33-18-10-21-35(29-33)52-28-14-20-34-19-8-9-25-45-34)38-24-12-26-46-42(38)49(43(41)50)27-13-17-32-15-6-5-7-16-32/h5-12,15-16,18-19,21-26,29-31H,13-14,17,20,27-28H2,1-4H3,(H2,47,48,51). The van der Waals surface area contributed by atoms with Gasteiger partial charge in [0, 0.05) is 41.3 Å². The van der Waals surface area contributed by atoms with Gasteiger partial charge in [-0.05, 0) is 96.2 Å². The Morgan fingerprint density at radius 1 is 0.731 bits per heavy atom. The van der Waals surface area contributed by atoms with E-state index >= 15 is 0 Å². The molecule has 2 amide bonds. The monoisotopic (exact) mass is 693 g/mol. The molecule has 0 fully saturated rings. The first-order valence-corrected chi connectivity index (χ1v) is 18.2. The maximum absolute atomic E-state index is 14.6. The maximum Gasteiger partial charge on any atom is 0.323 e. The number of hydrogen-bond donors (Lipinski definition) is 2. The van der Waals surface area contributed by atoms with Crippen LogP contribution in [0.1, 0.15) is 74.8 Å². The third-order valence-corrected chi connectivity index (χ3v) is 9.26. The van der Waals surface area contributed by atoms with E-state index in [9.17, 15) is 9.59 Å². The molecule has 0 aliphatic carbocycles. The van der Waals surface area contributed by atoms with Gasteiger partial charge in [0.2, 0.25) is 0 Å². The molecule has 8 nitrogen and oxygen atoms in total. The molecule has 0 saturated carbocycles. The van der Waals surface area contributed by atoms with Crippen LogP contribution in [0.5, 0.6) is 5.75 Å². The third kappa shape index (κ3) is 8.57. The number of carbonyl (C=O) groups is 1. The molecule has 0 aliphatic rings. The molecule has 0 aliphatic heterocycles. The Morgan fingerprint density at radius 3 is 2.17 bits per heavy atom.